The summed E-state index contributed by atoms with van der Waals surface area (Å²) in [7, 11) is 0. The molecule has 0 saturated carbocycles. The molecule has 24 heavy (non-hydrogen) atoms. The van der Waals surface area contributed by atoms with Crippen LogP contribution < -0.4 is 15.8 Å². The molecular weight excluding hydrogens is 324 g/mol. The van der Waals surface area contributed by atoms with E-state index in [-0.39, 0.29) is 18.3 Å². The van der Waals surface area contributed by atoms with E-state index in [0.717, 1.165) is 28.1 Å². The van der Waals surface area contributed by atoms with E-state index in [2.05, 4.69) is 24.4 Å². The molecule has 0 bridgehead atoms. The van der Waals surface area contributed by atoms with Crippen LogP contribution in [0.5, 0.6) is 5.75 Å². The van der Waals surface area contributed by atoms with Gasteiger partial charge in [-0.3, -0.25) is 4.79 Å². The fourth-order valence-corrected chi connectivity index (χ4v) is 2.67. The van der Waals surface area contributed by atoms with E-state index >= 15 is 0 Å². The van der Waals surface area contributed by atoms with Crippen molar-refractivity contribution >= 4 is 24.0 Å². The molecule has 0 aromatic heterocycles. The molecule has 0 heterocycles. The highest BCUT2D eigenvalue weighted by molar-refractivity contribution is 5.92. The minimum Gasteiger partial charge on any atom is -0.492 e. The van der Waals surface area contributed by atoms with Crippen molar-refractivity contribution in [1.29, 1.82) is 0 Å². The van der Waals surface area contributed by atoms with Gasteiger partial charge in [0.25, 0.3) is 0 Å². The van der Waals surface area contributed by atoms with Gasteiger partial charge in [-0.15, -0.1) is 12.4 Å². The Morgan fingerprint density at radius 1 is 1.08 bits per heavy atom. The molecule has 1 amide bonds. The number of carbonyl (C=O) groups excluding carboxylic acids is 1. The number of ether oxygens (including phenoxy) is 1. The Hall–Kier alpha value is -2.04. The summed E-state index contributed by atoms with van der Waals surface area (Å²) < 4.78 is 5.42. The molecule has 2 aromatic rings. The van der Waals surface area contributed by atoms with Crippen LogP contribution in [0.1, 0.15) is 22.3 Å². The lowest BCUT2D eigenvalue weighted by atomic mass is 9.97. The Morgan fingerprint density at radius 2 is 1.67 bits per heavy atom. The number of nitrogens with one attached hydrogen (secondary N) is 1. The molecule has 0 spiro atoms. The van der Waals surface area contributed by atoms with Crippen molar-refractivity contribution in [3.63, 3.8) is 0 Å². The molecule has 0 fully saturated rings. The van der Waals surface area contributed by atoms with Crippen molar-refractivity contribution < 1.29 is 9.53 Å². The van der Waals surface area contributed by atoms with Gasteiger partial charge in [0, 0.05) is 12.2 Å². The summed E-state index contributed by atoms with van der Waals surface area (Å²) in [6, 6.07) is 11.5. The number of hydrogen-bond acceptors (Lipinski definition) is 3. The first-order valence-corrected chi connectivity index (χ1v) is 7.79. The summed E-state index contributed by atoms with van der Waals surface area (Å²) in [5, 5.41) is 2.92. The molecule has 130 valence electrons. The number of aryl methyl sites for hydroxylation is 3. The summed E-state index contributed by atoms with van der Waals surface area (Å²) >= 11 is 0. The van der Waals surface area contributed by atoms with Crippen LogP contribution in [0.15, 0.2) is 36.4 Å². The average molecular weight is 349 g/mol. The van der Waals surface area contributed by atoms with E-state index in [1.54, 1.807) is 0 Å². The summed E-state index contributed by atoms with van der Waals surface area (Å²) in [4.78, 5) is 12.3. The molecule has 0 radical (unpaired) electrons. The van der Waals surface area contributed by atoms with E-state index in [4.69, 9.17) is 10.5 Å². The zero-order valence-electron chi connectivity index (χ0n) is 14.4. The highest BCUT2D eigenvalue weighted by Gasteiger charge is 2.10. The predicted octanol–water partition coefficient (Wildman–Crippen LogP) is 3.55. The molecule has 0 aliphatic carbocycles. The first-order valence-electron chi connectivity index (χ1n) is 7.79. The van der Waals surface area contributed by atoms with Crippen LogP contribution in [-0.2, 0) is 11.2 Å². The number of benzene rings is 2. The number of hydrogen-bond donors (Lipinski definition) is 2. The van der Waals surface area contributed by atoms with Gasteiger partial charge in [-0.25, -0.2) is 0 Å². The van der Waals surface area contributed by atoms with Crippen LogP contribution in [0.2, 0.25) is 0 Å². The third kappa shape index (κ3) is 5.55. The van der Waals surface area contributed by atoms with Gasteiger partial charge in [0.05, 0.1) is 6.42 Å². The monoisotopic (exact) mass is 348 g/mol. The third-order valence-electron chi connectivity index (χ3n) is 3.70. The minimum atomic E-state index is -0.0179. The number of anilines is 1. The smallest absolute Gasteiger partial charge is 0.228 e. The van der Waals surface area contributed by atoms with Gasteiger partial charge in [0.15, 0.2) is 0 Å². The maximum absolute atomic E-state index is 12.3. The molecule has 3 N–H and O–H groups in total. The number of halogens is 1. The second-order valence-corrected chi connectivity index (χ2v) is 5.76. The fraction of sp³-hybridized carbons (Fsp3) is 0.316. The zero-order valence-corrected chi connectivity index (χ0v) is 15.2. The lowest BCUT2D eigenvalue weighted by Gasteiger charge is -2.12. The molecule has 2 aromatic carbocycles. The highest BCUT2D eigenvalue weighted by Crippen LogP contribution is 2.19. The Labute approximate surface area is 149 Å². The first-order chi connectivity index (χ1) is 11.0. The molecule has 0 atom stereocenters. The molecule has 4 nitrogen and oxygen atoms in total. The normalized spacial score (nSPS) is 10.0. The Kier molecular flexibility index (Phi) is 7.75. The van der Waals surface area contributed by atoms with Crippen LogP contribution in [0.3, 0.4) is 0 Å². The van der Waals surface area contributed by atoms with Crippen LogP contribution in [0.25, 0.3) is 0 Å². The lowest BCUT2D eigenvalue weighted by Crippen LogP contribution is -2.16. The van der Waals surface area contributed by atoms with Crippen molar-refractivity contribution in [3.05, 3.63) is 58.7 Å². The van der Waals surface area contributed by atoms with E-state index in [1.807, 2.05) is 38.1 Å². The van der Waals surface area contributed by atoms with Crippen molar-refractivity contribution in [2.45, 2.75) is 27.2 Å². The first kappa shape index (κ1) is 20.0. The second kappa shape index (κ2) is 9.30. The third-order valence-corrected chi connectivity index (χ3v) is 3.70. The lowest BCUT2D eigenvalue weighted by molar-refractivity contribution is -0.115. The number of amides is 1. The van der Waals surface area contributed by atoms with Gasteiger partial charge in [0.2, 0.25) is 5.91 Å². The predicted molar refractivity (Wildman–Crippen MR) is 101 cm³/mol. The summed E-state index contributed by atoms with van der Waals surface area (Å²) in [6.45, 7) is 7.13. The highest BCUT2D eigenvalue weighted by atomic mass is 35.5. The largest absolute Gasteiger partial charge is 0.492 e. The molecule has 5 heteroatoms. The van der Waals surface area contributed by atoms with Gasteiger partial charge in [-0.2, -0.15) is 0 Å². The number of nitrogens with two attached hydrogens (primary N) is 1. The van der Waals surface area contributed by atoms with E-state index in [1.165, 1.54) is 5.56 Å². The molecule has 0 saturated heterocycles. The molecular formula is C19H25ClN2O2. The Bertz CT molecular complexity index is 661. The number of carbonyl (C=O) groups is 1. The van der Waals surface area contributed by atoms with Crippen LogP contribution in [-0.4, -0.2) is 19.1 Å². The van der Waals surface area contributed by atoms with E-state index in [9.17, 15) is 4.79 Å². The van der Waals surface area contributed by atoms with Crippen LogP contribution >= 0.6 is 12.4 Å². The molecule has 2 rings (SSSR count). The Balaban J connectivity index is 0.00000288. The van der Waals surface area contributed by atoms with Crippen molar-refractivity contribution in [2.75, 3.05) is 18.5 Å². The molecule has 0 aliphatic rings. The van der Waals surface area contributed by atoms with Crippen LogP contribution in [0.4, 0.5) is 5.69 Å². The average Bonchev–Trinajstić information content (AvgIpc) is 2.50. The topological polar surface area (TPSA) is 64.3 Å². The Morgan fingerprint density at radius 3 is 2.21 bits per heavy atom. The maximum atomic E-state index is 12.3. The minimum absolute atomic E-state index is 0. The zero-order chi connectivity index (χ0) is 16.8. The number of rotatable bonds is 6. The van der Waals surface area contributed by atoms with E-state index < -0.39 is 0 Å². The van der Waals surface area contributed by atoms with Gasteiger partial charge in [-0.05, 0) is 61.7 Å². The standard InChI is InChI=1S/C19H24N2O2.ClH/c1-13-10-14(2)18(15(3)11-13)12-19(22)21-16-4-6-17(7-5-16)23-9-8-20;/h4-7,10-11H,8-9,12,20H2,1-3H3,(H,21,22);1H. The molecule has 0 aliphatic heterocycles. The van der Waals surface area contributed by atoms with Crippen molar-refractivity contribution in [2.24, 2.45) is 5.73 Å². The van der Waals surface area contributed by atoms with Gasteiger partial charge in [0.1, 0.15) is 12.4 Å². The SMILES string of the molecule is Cc1cc(C)c(CC(=O)Nc2ccc(OCCN)cc2)c(C)c1.Cl. The summed E-state index contributed by atoms with van der Waals surface area (Å²) in [5.74, 6) is 0.731. The van der Waals surface area contributed by atoms with E-state index in [0.29, 0.717) is 19.6 Å². The van der Waals surface area contributed by atoms with Crippen molar-refractivity contribution in [1.82, 2.24) is 0 Å². The summed E-state index contributed by atoms with van der Waals surface area (Å²) in [6.07, 6.45) is 0.378. The summed E-state index contributed by atoms with van der Waals surface area (Å²) in [5.41, 5.74) is 10.8. The quantitative estimate of drug-likeness (QED) is 0.839. The fourth-order valence-electron chi connectivity index (χ4n) is 2.67. The maximum Gasteiger partial charge on any atom is 0.228 e. The van der Waals surface area contributed by atoms with Crippen molar-refractivity contribution in [3.8, 4) is 5.75 Å². The van der Waals surface area contributed by atoms with Gasteiger partial charge < -0.3 is 15.8 Å². The van der Waals surface area contributed by atoms with Gasteiger partial charge >= 0.3 is 0 Å². The molecule has 0 unspecified atom stereocenters. The van der Waals surface area contributed by atoms with Gasteiger partial charge in [-0.1, -0.05) is 17.7 Å². The van der Waals surface area contributed by atoms with Crippen LogP contribution in [0, 0.1) is 20.8 Å². The second-order valence-electron chi connectivity index (χ2n) is 5.76.